The Balaban J connectivity index is 1.62. The van der Waals surface area contributed by atoms with Crippen molar-refractivity contribution >= 4 is 17.2 Å². The zero-order valence-corrected chi connectivity index (χ0v) is 17.9. The van der Waals surface area contributed by atoms with Crippen LogP contribution < -0.4 is 5.73 Å². The molecule has 7 heteroatoms. The Labute approximate surface area is 189 Å². The molecule has 4 aromatic rings. The van der Waals surface area contributed by atoms with Gasteiger partial charge in [0.1, 0.15) is 22.9 Å². The second-order valence-corrected chi connectivity index (χ2v) is 8.13. The van der Waals surface area contributed by atoms with E-state index in [-0.39, 0.29) is 18.1 Å². The fourth-order valence-corrected chi connectivity index (χ4v) is 4.14. The standard InChI is InChI=1S/C26H21F2N5/c1-26(16-33-24(25(29)32-26)22(28)15-30-33)20-14-19(12-13-21(20)27)31-23(17-8-4-2-5-9-17)18-10-6-3-7-11-18/h2-15H,16H2,1H3,(H2,29,32)/t26-/m0/s1. The number of halogens is 2. The second-order valence-electron chi connectivity index (χ2n) is 8.13. The maximum atomic E-state index is 15.0. The van der Waals surface area contributed by atoms with Crippen LogP contribution in [0.1, 0.15) is 29.3 Å². The molecular formula is C26H21F2N5. The Bertz CT molecular complexity index is 1340. The summed E-state index contributed by atoms with van der Waals surface area (Å²) in [7, 11) is 0. The number of aliphatic imine (C=N–C) groups is 2. The van der Waals surface area contributed by atoms with Crippen LogP contribution in [0.25, 0.3) is 0 Å². The lowest BCUT2D eigenvalue weighted by molar-refractivity contribution is 0.361. The Morgan fingerprint density at radius 3 is 2.21 bits per heavy atom. The van der Waals surface area contributed by atoms with Crippen LogP contribution in [0.3, 0.4) is 0 Å². The van der Waals surface area contributed by atoms with Crippen molar-refractivity contribution in [2.75, 3.05) is 0 Å². The van der Waals surface area contributed by atoms with E-state index in [1.54, 1.807) is 19.1 Å². The van der Waals surface area contributed by atoms with Gasteiger partial charge in [0, 0.05) is 16.7 Å². The molecule has 2 heterocycles. The summed E-state index contributed by atoms with van der Waals surface area (Å²) in [4.78, 5) is 9.34. The van der Waals surface area contributed by atoms with Gasteiger partial charge in [-0.3, -0.25) is 9.67 Å². The van der Waals surface area contributed by atoms with Gasteiger partial charge < -0.3 is 5.73 Å². The number of amidine groups is 1. The third kappa shape index (κ3) is 3.82. The average Bonchev–Trinajstić information content (AvgIpc) is 3.20. The lowest BCUT2D eigenvalue weighted by Crippen LogP contribution is -2.38. The van der Waals surface area contributed by atoms with E-state index in [1.807, 2.05) is 60.7 Å². The molecule has 0 amide bonds. The first-order valence-corrected chi connectivity index (χ1v) is 10.5. The summed E-state index contributed by atoms with van der Waals surface area (Å²) in [6.45, 7) is 1.91. The summed E-state index contributed by atoms with van der Waals surface area (Å²) in [5.74, 6) is -1.00. The Morgan fingerprint density at radius 2 is 1.58 bits per heavy atom. The van der Waals surface area contributed by atoms with Crippen LogP contribution in [0, 0.1) is 11.6 Å². The summed E-state index contributed by atoms with van der Waals surface area (Å²) >= 11 is 0. The van der Waals surface area contributed by atoms with Crippen molar-refractivity contribution in [1.82, 2.24) is 9.78 Å². The summed E-state index contributed by atoms with van der Waals surface area (Å²) in [5.41, 5.74) is 8.62. The van der Waals surface area contributed by atoms with Crippen molar-refractivity contribution in [3.63, 3.8) is 0 Å². The van der Waals surface area contributed by atoms with Crippen molar-refractivity contribution < 1.29 is 8.78 Å². The number of aromatic nitrogens is 2. The second kappa shape index (κ2) is 8.09. The van der Waals surface area contributed by atoms with E-state index in [1.165, 1.54) is 10.7 Å². The van der Waals surface area contributed by atoms with Crippen LogP contribution in [0.15, 0.2) is 95.0 Å². The molecule has 164 valence electrons. The molecule has 0 unspecified atom stereocenters. The van der Waals surface area contributed by atoms with E-state index in [0.717, 1.165) is 23.0 Å². The van der Waals surface area contributed by atoms with Gasteiger partial charge in [-0.25, -0.2) is 13.8 Å². The lowest BCUT2D eigenvalue weighted by Gasteiger charge is -2.31. The first kappa shape index (κ1) is 20.8. The van der Waals surface area contributed by atoms with Crippen molar-refractivity contribution in [3.05, 3.63) is 119 Å². The number of hydrogen-bond donors (Lipinski definition) is 1. The van der Waals surface area contributed by atoms with E-state index in [9.17, 15) is 4.39 Å². The molecule has 1 atom stereocenters. The smallest absolute Gasteiger partial charge is 0.172 e. The summed E-state index contributed by atoms with van der Waals surface area (Å²) in [6, 6.07) is 24.3. The normalized spacial score (nSPS) is 17.2. The van der Waals surface area contributed by atoms with E-state index >= 15 is 4.39 Å². The summed E-state index contributed by atoms with van der Waals surface area (Å²) in [6.07, 6.45) is 1.09. The van der Waals surface area contributed by atoms with Crippen molar-refractivity contribution in [1.29, 1.82) is 0 Å². The van der Waals surface area contributed by atoms with E-state index in [2.05, 4.69) is 10.1 Å². The van der Waals surface area contributed by atoms with E-state index in [0.29, 0.717) is 11.3 Å². The highest BCUT2D eigenvalue weighted by molar-refractivity contribution is 6.13. The van der Waals surface area contributed by atoms with E-state index < -0.39 is 17.2 Å². The van der Waals surface area contributed by atoms with Crippen LogP contribution in [-0.2, 0) is 12.1 Å². The van der Waals surface area contributed by atoms with Gasteiger partial charge in [0.25, 0.3) is 0 Å². The van der Waals surface area contributed by atoms with Crippen molar-refractivity contribution in [2.24, 2.45) is 15.7 Å². The van der Waals surface area contributed by atoms with Gasteiger partial charge in [0.05, 0.1) is 24.1 Å². The summed E-state index contributed by atoms with van der Waals surface area (Å²) in [5, 5.41) is 4.04. The predicted octanol–water partition coefficient (Wildman–Crippen LogP) is 4.96. The molecular weight excluding hydrogens is 420 g/mol. The number of hydrogen-bond acceptors (Lipinski definition) is 4. The largest absolute Gasteiger partial charge is 0.382 e. The zero-order valence-electron chi connectivity index (χ0n) is 17.9. The molecule has 5 nitrogen and oxygen atoms in total. The molecule has 5 rings (SSSR count). The molecule has 0 spiro atoms. The predicted molar refractivity (Wildman–Crippen MR) is 125 cm³/mol. The first-order valence-electron chi connectivity index (χ1n) is 10.5. The van der Waals surface area contributed by atoms with Gasteiger partial charge >= 0.3 is 0 Å². The quantitative estimate of drug-likeness (QED) is 0.455. The molecule has 33 heavy (non-hydrogen) atoms. The molecule has 2 N–H and O–H groups in total. The van der Waals surface area contributed by atoms with Gasteiger partial charge in [0.15, 0.2) is 5.82 Å². The molecule has 0 aliphatic carbocycles. The van der Waals surface area contributed by atoms with Gasteiger partial charge in [-0.1, -0.05) is 60.7 Å². The molecule has 1 aliphatic rings. The van der Waals surface area contributed by atoms with E-state index in [4.69, 9.17) is 10.7 Å². The minimum atomic E-state index is -1.06. The SMILES string of the molecule is C[C@@]1(c2cc(N=C(c3ccccc3)c3ccccc3)ccc2F)Cn2ncc(F)c2C(N)=N1. The topological polar surface area (TPSA) is 68.6 Å². The van der Waals surface area contributed by atoms with Crippen LogP contribution in [0.5, 0.6) is 0 Å². The molecule has 0 radical (unpaired) electrons. The minimum absolute atomic E-state index is 0.0127. The number of nitrogens with two attached hydrogens (primary N) is 1. The molecule has 0 bridgehead atoms. The number of rotatable bonds is 4. The van der Waals surface area contributed by atoms with Crippen LogP contribution in [0.4, 0.5) is 14.5 Å². The zero-order chi connectivity index (χ0) is 23.0. The lowest BCUT2D eigenvalue weighted by atomic mass is 9.90. The summed E-state index contributed by atoms with van der Waals surface area (Å²) < 4.78 is 30.5. The third-order valence-electron chi connectivity index (χ3n) is 5.73. The molecule has 0 saturated heterocycles. The highest BCUT2D eigenvalue weighted by atomic mass is 19.1. The average molecular weight is 441 g/mol. The first-order chi connectivity index (χ1) is 15.9. The monoisotopic (exact) mass is 441 g/mol. The van der Waals surface area contributed by atoms with Crippen molar-refractivity contribution in [3.8, 4) is 0 Å². The molecule has 0 saturated carbocycles. The maximum absolute atomic E-state index is 15.0. The van der Waals surface area contributed by atoms with Crippen molar-refractivity contribution in [2.45, 2.75) is 19.0 Å². The molecule has 3 aromatic carbocycles. The van der Waals surface area contributed by atoms with Gasteiger partial charge in [0.2, 0.25) is 0 Å². The maximum Gasteiger partial charge on any atom is 0.172 e. The highest BCUT2D eigenvalue weighted by Gasteiger charge is 2.36. The van der Waals surface area contributed by atoms with Gasteiger partial charge in [-0.2, -0.15) is 5.10 Å². The minimum Gasteiger partial charge on any atom is -0.382 e. The fourth-order valence-electron chi connectivity index (χ4n) is 4.14. The Hall–Kier alpha value is -4.13. The molecule has 1 aliphatic heterocycles. The van der Waals surface area contributed by atoms with Gasteiger partial charge in [-0.05, 0) is 25.1 Å². The Morgan fingerprint density at radius 1 is 0.939 bits per heavy atom. The third-order valence-corrected chi connectivity index (χ3v) is 5.73. The molecule has 1 aromatic heterocycles. The van der Waals surface area contributed by atoms with Gasteiger partial charge in [-0.15, -0.1) is 0 Å². The number of fused-ring (bicyclic) bond motifs is 1. The Kier molecular flexibility index (Phi) is 5.09. The molecule has 0 fully saturated rings. The van der Waals surface area contributed by atoms with Crippen LogP contribution >= 0.6 is 0 Å². The number of benzene rings is 3. The highest BCUT2D eigenvalue weighted by Crippen LogP contribution is 2.35. The van der Waals surface area contributed by atoms with Crippen LogP contribution in [0.2, 0.25) is 0 Å². The van der Waals surface area contributed by atoms with Crippen LogP contribution in [-0.4, -0.2) is 21.3 Å². The number of nitrogens with zero attached hydrogens (tertiary/aromatic N) is 4. The fraction of sp³-hybridized carbons (Fsp3) is 0.115.